The highest BCUT2D eigenvalue weighted by Gasteiger charge is 2.24. The molecule has 0 bridgehead atoms. The van der Waals surface area contributed by atoms with Crippen LogP contribution >= 0.6 is 0 Å². The number of aryl methyl sites for hydroxylation is 1. The Hall–Kier alpha value is -1.92. The van der Waals surface area contributed by atoms with Crippen LogP contribution in [0.15, 0.2) is 24.3 Å². The van der Waals surface area contributed by atoms with Gasteiger partial charge in [0.25, 0.3) is 0 Å². The third-order valence-corrected chi connectivity index (χ3v) is 5.03. The first-order valence-electron chi connectivity index (χ1n) is 9.85. The summed E-state index contributed by atoms with van der Waals surface area (Å²) in [5.74, 6) is -0.347. The van der Waals surface area contributed by atoms with Crippen molar-refractivity contribution in [3.8, 4) is 0 Å². The second kappa shape index (κ2) is 10.4. The first-order valence-corrected chi connectivity index (χ1v) is 9.85. The van der Waals surface area contributed by atoms with E-state index in [1.165, 1.54) is 11.1 Å². The van der Waals surface area contributed by atoms with E-state index < -0.39 is 6.04 Å². The van der Waals surface area contributed by atoms with Crippen molar-refractivity contribution < 1.29 is 14.3 Å². The summed E-state index contributed by atoms with van der Waals surface area (Å²) in [6.07, 6.45) is 2.86. The minimum atomic E-state index is -0.600. The van der Waals surface area contributed by atoms with Crippen LogP contribution in [-0.4, -0.2) is 55.1 Å². The molecule has 2 rings (SSSR count). The van der Waals surface area contributed by atoms with Gasteiger partial charge in [-0.05, 0) is 37.7 Å². The van der Waals surface area contributed by atoms with Gasteiger partial charge in [-0.2, -0.15) is 0 Å². The largest absolute Gasteiger partial charge is 0.376 e. The predicted octanol–water partition coefficient (Wildman–Crippen LogP) is 1.64. The standard InChI is InChI=1S/C21H33N3O3/c1-15(2)20(22)21(26)23-13-19(25)24(14-18-5-4-12-27-18)11-10-17-8-6-16(3)7-9-17/h6-9,15,18,20H,4-5,10-14,22H2,1-3H3,(H,23,26)/t18?,20-/m0/s1. The lowest BCUT2D eigenvalue weighted by Crippen LogP contribution is -2.49. The summed E-state index contributed by atoms with van der Waals surface area (Å²) in [6.45, 7) is 7.73. The zero-order chi connectivity index (χ0) is 19.8. The number of amides is 2. The molecule has 1 fully saturated rings. The van der Waals surface area contributed by atoms with Crippen molar-refractivity contribution in [2.75, 3.05) is 26.2 Å². The van der Waals surface area contributed by atoms with Crippen LogP contribution in [0.2, 0.25) is 0 Å². The number of nitrogens with one attached hydrogen (secondary N) is 1. The van der Waals surface area contributed by atoms with Crippen LogP contribution in [0.3, 0.4) is 0 Å². The van der Waals surface area contributed by atoms with E-state index in [0.29, 0.717) is 13.1 Å². The molecule has 6 heteroatoms. The number of nitrogens with two attached hydrogens (primary N) is 1. The number of nitrogens with zero attached hydrogens (tertiary/aromatic N) is 1. The molecule has 1 aliphatic rings. The molecule has 0 spiro atoms. The molecule has 1 unspecified atom stereocenters. The van der Waals surface area contributed by atoms with Gasteiger partial charge in [-0.15, -0.1) is 0 Å². The monoisotopic (exact) mass is 375 g/mol. The summed E-state index contributed by atoms with van der Waals surface area (Å²) in [5, 5.41) is 2.68. The number of hydrogen-bond acceptors (Lipinski definition) is 4. The van der Waals surface area contributed by atoms with E-state index in [-0.39, 0.29) is 30.4 Å². The van der Waals surface area contributed by atoms with Gasteiger partial charge < -0.3 is 20.7 Å². The van der Waals surface area contributed by atoms with E-state index >= 15 is 0 Å². The maximum absolute atomic E-state index is 12.7. The van der Waals surface area contributed by atoms with Gasteiger partial charge >= 0.3 is 0 Å². The Morgan fingerprint density at radius 3 is 2.59 bits per heavy atom. The van der Waals surface area contributed by atoms with E-state index in [1.54, 1.807) is 4.90 Å². The predicted molar refractivity (Wildman–Crippen MR) is 106 cm³/mol. The van der Waals surface area contributed by atoms with E-state index in [1.807, 2.05) is 13.8 Å². The van der Waals surface area contributed by atoms with Crippen LogP contribution in [0.25, 0.3) is 0 Å². The molecule has 6 nitrogen and oxygen atoms in total. The second-order valence-electron chi connectivity index (χ2n) is 7.70. The fraction of sp³-hybridized carbons (Fsp3) is 0.619. The van der Waals surface area contributed by atoms with Crippen LogP contribution < -0.4 is 11.1 Å². The molecule has 150 valence electrons. The smallest absolute Gasteiger partial charge is 0.242 e. The van der Waals surface area contributed by atoms with Gasteiger partial charge in [-0.25, -0.2) is 0 Å². The lowest BCUT2D eigenvalue weighted by atomic mass is 10.1. The summed E-state index contributed by atoms with van der Waals surface area (Å²) in [4.78, 5) is 26.6. The molecule has 1 aliphatic heterocycles. The fourth-order valence-electron chi connectivity index (χ4n) is 3.07. The average molecular weight is 376 g/mol. The highest BCUT2D eigenvalue weighted by molar-refractivity contribution is 5.87. The molecule has 0 aliphatic carbocycles. The lowest BCUT2D eigenvalue weighted by Gasteiger charge is -2.26. The summed E-state index contributed by atoms with van der Waals surface area (Å²) in [7, 11) is 0. The van der Waals surface area contributed by atoms with Crippen molar-refractivity contribution in [3.05, 3.63) is 35.4 Å². The first kappa shape index (κ1) is 21.4. The SMILES string of the molecule is Cc1ccc(CCN(CC2CCCO2)C(=O)CNC(=O)[C@@H](N)C(C)C)cc1. The number of rotatable bonds is 9. The normalized spacial score (nSPS) is 17.7. The zero-order valence-electron chi connectivity index (χ0n) is 16.7. The van der Waals surface area contributed by atoms with Crippen molar-refractivity contribution in [2.45, 2.75) is 52.2 Å². The maximum atomic E-state index is 12.7. The van der Waals surface area contributed by atoms with Gasteiger partial charge in [0.05, 0.1) is 18.7 Å². The number of benzene rings is 1. The van der Waals surface area contributed by atoms with Crippen LogP contribution in [0, 0.1) is 12.8 Å². The third-order valence-electron chi connectivity index (χ3n) is 5.03. The first-order chi connectivity index (χ1) is 12.9. The van der Waals surface area contributed by atoms with Crippen LogP contribution in [0.1, 0.15) is 37.8 Å². The minimum Gasteiger partial charge on any atom is -0.376 e. The molecule has 0 saturated carbocycles. The molecule has 3 N–H and O–H groups in total. The van der Waals surface area contributed by atoms with Gasteiger partial charge in [0.15, 0.2) is 0 Å². The minimum absolute atomic E-state index is 0.0279. The van der Waals surface area contributed by atoms with Gasteiger partial charge in [-0.1, -0.05) is 43.7 Å². The molecule has 2 amide bonds. The molecule has 0 aromatic heterocycles. The van der Waals surface area contributed by atoms with Crippen LogP contribution in [0.5, 0.6) is 0 Å². The van der Waals surface area contributed by atoms with Crippen molar-refractivity contribution in [1.29, 1.82) is 0 Å². The van der Waals surface area contributed by atoms with E-state index in [9.17, 15) is 9.59 Å². The fourth-order valence-corrected chi connectivity index (χ4v) is 3.07. The Bertz CT molecular complexity index is 610. The van der Waals surface area contributed by atoms with Gasteiger partial charge in [0, 0.05) is 19.7 Å². The van der Waals surface area contributed by atoms with Crippen molar-refractivity contribution in [1.82, 2.24) is 10.2 Å². The third kappa shape index (κ3) is 6.96. The quantitative estimate of drug-likeness (QED) is 0.687. The van der Waals surface area contributed by atoms with Crippen LogP contribution in [0.4, 0.5) is 0 Å². The summed E-state index contributed by atoms with van der Waals surface area (Å²) < 4.78 is 5.70. The lowest BCUT2D eigenvalue weighted by molar-refractivity contribution is -0.134. The number of ether oxygens (including phenoxy) is 1. The average Bonchev–Trinajstić information content (AvgIpc) is 3.16. The van der Waals surface area contributed by atoms with Gasteiger partial charge in [-0.3, -0.25) is 9.59 Å². The number of carbonyl (C=O) groups excluding carboxylic acids is 2. The van der Waals surface area contributed by atoms with Crippen molar-refractivity contribution in [2.24, 2.45) is 11.7 Å². The Balaban J connectivity index is 1.92. The molecule has 1 aromatic carbocycles. The molecular formula is C21H33N3O3. The van der Waals surface area contributed by atoms with Crippen molar-refractivity contribution in [3.63, 3.8) is 0 Å². The number of hydrogen-bond donors (Lipinski definition) is 2. The molecule has 1 aromatic rings. The zero-order valence-corrected chi connectivity index (χ0v) is 16.7. The Morgan fingerprint density at radius 1 is 1.30 bits per heavy atom. The molecular weight excluding hydrogens is 342 g/mol. The van der Waals surface area contributed by atoms with E-state index in [2.05, 4.69) is 36.5 Å². The topological polar surface area (TPSA) is 84.7 Å². The van der Waals surface area contributed by atoms with Crippen LogP contribution in [-0.2, 0) is 20.7 Å². The summed E-state index contributed by atoms with van der Waals surface area (Å²) >= 11 is 0. The van der Waals surface area contributed by atoms with Gasteiger partial charge in [0.2, 0.25) is 11.8 Å². The Morgan fingerprint density at radius 2 is 2.00 bits per heavy atom. The Labute approximate surface area is 162 Å². The van der Waals surface area contributed by atoms with E-state index in [0.717, 1.165) is 25.9 Å². The van der Waals surface area contributed by atoms with Gasteiger partial charge in [0.1, 0.15) is 0 Å². The molecule has 27 heavy (non-hydrogen) atoms. The van der Waals surface area contributed by atoms with Crippen molar-refractivity contribution >= 4 is 11.8 Å². The summed E-state index contributed by atoms with van der Waals surface area (Å²) in [6, 6.07) is 7.74. The number of carbonyl (C=O) groups is 2. The summed E-state index contributed by atoms with van der Waals surface area (Å²) in [5.41, 5.74) is 8.25. The maximum Gasteiger partial charge on any atom is 0.242 e. The highest BCUT2D eigenvalue weighted by atomic mass is 16.5. The molecule has 0 radical (unpaired) electrons. The Kier molecular flexibility index (Phi) is 8.25. The highest BCUT2D eigenvalue weighted by Crippen LogP contribution is 2.14. The molecule has 1 saturated heterocycles. The molecule has 2 atom stereocenters. The second-order valence-corrected chi connectivity index (χ2v) is 7.70. The molecule has 1 heterocycles. The van der Waals surface area contributed by atoms with E-state index in [4.69, 9.17) is 10.5 Å².